The number of hydrogen-bond donors (Lipinski definition) is 1. The molecule has 0 saturated heterocycles. The molecule has 0 saturated carbocycles. The molecule has 2 N–H and O–H groups in total. The Bertz CT molecular complexity index is 588. The fourth-order valence-electron chi connectivity index (χ4n) is 3.20. The molecule has 0 aromatic heterocycles. The fraction of sp³-hybridized carbons (Fsp3) is 0.333. The second kappa shape index (κ2) is 4.82. The van der Waals surface area contributed by atoms with Gasteiger partial charge in [0, 0.05) is 5.54 Å². The van der Waals surface area contributed by atoms with E-state index in [2.05, 4.69) is 55.5 Å². The standard InChI is InChI=1S/C18H21N/c1-14-5-4-6-15(11-14)12-18(19)10-9-16-7-2-3-8-17(16)13-18/h2-8,11H,9-10,12-13,19H2,1H3. The van der Waals surface area contributed by atoms with E-state index in [0.29, 0.717) is 0 Å². The van der Waals surface area contributed by atoms with E-state index in [0.717, 1.165) is 25.7 Å². The number of hydrogen-bond acceptors (Lipinski definition) is 1. The lowest BCUT2D eigenvalue weighted by Gasteiger charge is -2.35. The zero-order chi connectivity index (χ0) is 13.3. The lowest BCUT2D eigenvalue weighted by atomic mass is 9.75. The predicted octanol–water partition coefficient (Wildman–Crippen LogP) is 3.42. The molecule has 1 atom stereocenters. The first-order valence-corrected chi connectivity index (χ1v) is 7.06. The molecule has 1 heteroatoms. The second-order valence-electron chi connectivity index (χ2n) is 5.97. The minimum Gasteiger partial charge on any atom is -0.324 e. The van der Waals surface area contributed by atoms with E-state index in [-0.39, 0.29) is 5.54 Å². The maximum absolute atomic E-state index is 6.66. The lowest BCUT2D eigenvalue weighted by Crippen LogP contribution is -2.47. The van der Waals surface area contributed by atoms with E-state index in [1.54, 1.807) is 0 Å². The fourth-order valence-corrected chi connectivity index (χ4v) is 3.20. The molecule has 1 nitrogen and oxygen atoms in total. The summed E-state index contributed by atoms with van der Waals surface area (Å²) in [5, 5.41) is 0. The summed E-state index contributed by atoms with van der Waals surface area (Å²) in [5.74, 6) is 0. The molecule has 0 aliphatic heterocycles. The monoisotopic (exact) mass is 251 g/mol. The summed E-state index contributed by atoms with van der Waals surface area (Å²) < 4.78 is 0. The van der Waals surface area contributed by atoms with Crippen LogP contribution in [0, 0.1) is 6.92 Å². The Morgan fingerprint density at radius 3 is 2.63 bits per heavy atom. The van der Waals surface area contributed by atoms with Crippen LogP contribution in [0.1, 0.15) is 28.7 Å². The van der Waals surface area contributed by atoms with Crippen molar-refractivity contribution in [3.63, 3.8) is 0 Å². The first kappa shape index (κ1) is 12.4. The Kier molecular flexibility index (Phi) is 3.16. The molecule has 0 amide bonds. The van der Waals surface area contributed by atoms with E-state index in [9.17, 15) is 0 Å². The van der Waals surface area contributed by atoms with Gasteiger partial charge < -0.3 is 5.73 Å². The summed E-state index contributed by atoms with van der Waals surface area (Å²) >= 11 is 0. The van der Waals surface area contributed by atoms with Crippen molar-refractivity contribution in [3.05, 3.63) is 70.8 Å². The van der Waals surface area contributed by atoms with Gasteiger partial charge in [0.25, 0.3) is 0 Å². The van der Waals surface area contributed by atoms with Gasteiger partial charge in [0.05, 0.1) is 0 Å². The smallest absolute Gasteiger partial charge is 0.0239 e. The topological polar surface area (TPSA) is 26.0 Å². The Balaban J connectivity index is 1.82. The molecule has 3 rings (SSSR count). The van der Waals surface area contributed by atoms with Crippen molar-refractivity contribution in [1.82, 2.24) is 0 Å². The Morgan fingerprint density at radius 1 is 1.05 bits per heavy atom. The minimum atomic E-state index is -0.0812. The second-order valence-corrected chi connectivity index (χ2v) is 5.97. The van der Waals surface area contributed by atoms with Crippen LogP contribution in [0.2, 0.25) is 0 Å². The summed E-state index contributed by atoms with van der Waals surface area (Å²) in [5.41, 5.74) is 12.2. The average molecular weight is 251 g/mol. The maximum Gasteiger partial charge on any atom is 0.0239 e. The van der Waals surface area contributed by atoms with Gasteiger partial charge >= 0.3 is 0 Å². The van der Waals surface area contributed by atoms with Crippen LogP contribution >= 0.6 is 0 Å². The molecule has 19 heavy (non-hydrogen) atoms. The van der Waals surface area contributed by atoms with Crippen LogP contribution in [-0.2, 0) is 19.3 Å². The molecular formula is C18H21N. The van der Waals surface area contributed by atoms with Crippen LogP contribution in [0.3, 0.4) is 0 Å². The number of nitrogens with two attached hydrogens (primary N) is 1. The highest BCUT2D eigenvalue weighted by Crippen LogP contribution is 2.29. The van der Waals surface area contributed by atoms with Gasteiger partial charge in [-0.3, -0.25) is 0 Å². The Labute approximate surface area is 115 Å². The zero-order valence-electron chi connectivity index (χ0n) is 11.5. The van der Waals surface area contributed by atoms with Crippen molar-refractivity contribution in [1.29, 1.82) is 0 Å². The molecule has 98 valence electrons. The van der Waals surface area contributed by atoms with E-state index in [4.69, 9.17) is 5.73 Å². The molecular weight excluding hydrogens is 230 g/mol. The summed E-state index contributed by atoms with van der Waals surface area (Å²) in [7, 11) is 0. The first-order chi connectivity index (χ1) is 9.15. The summed E-state index contributed by atoms with van der Waals surface area (Å²) in [6.45, 7) is 2.14. The SMILES string of the molecule is Cc1cccc(CC2(N)CCc3ccccc3C2)c1. The molecule has 2 aromatic rings. The highest BCUT2D eigenvalue weighted by atomic mass is 14.7. The Morgan fingerprint density at radius 2 is 1.84 bits per heavy atom. The van der Waals surface area contributed by atoms with Crippen LogP contribution in [0.25, 0.3) is 0 Å². The lowest BCUT2D eigenvalue weighted by molar-refractivity contribution is 0.369. The minimum absolute atomic E-state index is 0.0812. The van der Waals surface area contributed by atoms with E-state index >= 15 is 0 Å². The van der Waals surface area contributed by atoms with E-state index in [1.807, 2.05) is 0 Å². The third-order valence-electron chi connectivity index (χ3n) is 4.19. The van der Waals surface area contributed by atoms with Gasteiger partial charge in [-0.2, -0.15) is 0 Å². The van der Waals surface area contributed by atoms with Crippen LogP contribution in [0.4, 0.5) is 0 Å². The first-order valence-electron chi connectivity index (χ1n) is 7.06. The quantitative estimate of drug-likeness (QED) is 0.869. The number of aryl methyl sites for hydroxylation is 2. The molecule has 0 fully saturated rings. The summed E-state index contributed by atoms with van der Waals surface area (Å²) in [6.07, 6.45) is 4.16. The van der Waals surface area contributed by atoms with Gasteiger partial charge in [-0.25, -0.2) is 0 Å². The van der Waals surface area contributed by atoms with Crippen LogP contribution in [0.15, 0.2) is 48.5 Å². The van der Waals surface area contributed by atoms with Crippen molar-refractivity contribution in [2.45, 2.75) is 38.1 Å². The van der Waals surface area contributed by atoms with Crippen molar-refractivity contribution in [2.24, 2.45) is 5.73 Å². The number of benzene rings is 2. The molecule has 2 aromatic carbocycles. The number of rotatable bonds is 2. The highest BCUT2D eigenvalue weighted by Gasteiger charge is 2.30. The third-order valence-corrected chi connectivity index (χ3v) is 4.19. The van der Waals surface area contributed by atoms with E-state index in [1.165, 1.54) is 22.3 Å². The largest absolute Gasteiger partial charge is 0.324 e. The summed E-state index contributed by atoms with van der Waals surface area (Å²) in [6, 6.07) is 17.4. The zero-order valence-corrected chi connectivity index (χ0v) is 11.5. The summed E-state index contributed by atoms with van der Waals surface area (Å²) in [4.78, 5) is 0. The van der Waals surface area contributed by atoms with Gasteiger partial charge in [0.2, 0.25) is 0 Å². The van der Waals surface area contributed by atoms with Gasteiger partial charge in [0.15, 0.2) is 0 Å². The van der Waals surface area contributed by atoms with E-state index < -0.39 is 0 Å². The van der Waals surface area contributed by atoms with Crippen molar-refractivity contribution in [3.8, 4) is 0 Å². The van der Waals surface area contributed by atoms with Gasteiger partial charge in [-0.15, -0.1) is 0 Å². The van der Waals surface area contributed by atoms with Crippen molar-refractivity contribution in [2.75, 3.05) is 0 Å². The highest BCUT2D eigenvalue weighted by molar-refractivity contribution is 5.33. The number of fused-ring (bicyclic) bond motifs is 1. The van der Waals surface area contributed by atoms with Gasteiger partial charge in [-0.1, -0.05) is 54.1 Å². The van der Waals surface area contributed by atoms with Crippen LogP contribution in [-0.4, -0.2) is 5.54 Å². The molecule has 0 heterocycles. The van der Waals surface area contributed by atoms with Crippen molar-refractivity contribution >= 4 is 0 Å². The normalized spacial score (nSPS) is 22.0. The Hall–Kier alpha value is -1.60. The molecule has 0 spiro atoms. The van der Waals surface area contributed by atoms with Gasteiger partial charge in [0.1, 0.15) is 0 Å². The molecule has 1 unspecified atom stereocenters. The average Bonchev–Trinajstić information content (AvgIpc) is 2.38. The third kappa shape index (κ3) is 2.71. The molecule has 0 bridgehead atoms. The molecule has 1 aliphatic carbocycles. The van der Waals surface area contributed by atoms with Gasteiger partial charge in [-0.05, 0) is 49.3 Å². The maximum atomic E-state index is 6.66. The molecule has 0 radical (unpaired) electrons. The predicted molar refractivity (Wildman–Crippen MR) is 80.3 cm³/mol. The van der Waals surface area contributed by atoms with Crippen molar-refractivity contribution < 1.29 is 0 Å². The molecule has 1 aliphatic rings. The van der Waals surface area contributed by atoms with Crippen LogP contribution in [0.5, 0.6) is 0 Å². The van der Waals surface area contributed by atoms with Crippen LogP contribution < -0.4 is 5.73 Å².